The van der Waals surface area contributed by atoms with Crippen LogP contribution in [0.1, 0.15) is 45.7 Å². The number of rotatable bonds is 1. The fourth-order valence-electron chi connectivity index (χ4n) is 1.14. The third-order valence-electron chi connectivity index (χ3n) is 2.06. The van der Waals surface area contributed by atoms with E-state index in [9.17, 15) is 0 Å². The Morgan fingerprint density at radius 3 is 1.71 bits per heavy atom. The lowest BCUT2D eigenvalue weighted by atomic mass is 9.87. The van der Waals surface area contributed by atoms with Crippen molar-refractivity contribution in [2.24, 2.45) is 5.73 Å². The lowest BCUT2D eigenvalue weighted by molar-refractivity contribution is 0.590. The molecule has 0 saturated carbocycles. The molecule has 0 heterocycles. The van der Waals surface area contributed by atoms with Gasteiger partial charge < -0.3 is 5.73 Å². The van der Waals surface area contributed by atoms with Gasteiger partial charge in [-0.15, -0.1) is 0 Å². The molecule has 1 heteroatoms. The molecule has 0 bridgehead atoms. The first kappa shape index (κ1) is 13.2. The first-order valence-electron chi connectivity index (χ1n) is 5.33. The van der Waals surface area contributed by atoms with E-state index in [1.165, 1.54) is 11.1 Å². The first-order valence-corrected chi connectivity index (χ1v) is 5.33. The van der Waals surface area contributed by atoms with Crippen LogP contribution in [-0.2, 0) is 12.0 Å². The Labute approximate surface area is 88.3 Å². The molecule has 1 aromatic carbocycles. The summed E-state index contributed by atoms with van der Waals surface area (Å²) in [6.45, 7) is 11.3. The quantitative estimate of drug-likeness (QED) is 0.726. The largest absolute Gasteiger partial charge is 0.326 e. The van der Waals surface area contributed by atoms with E-state index in [-0.39, 0.29) is 5.41 Å². The normalized spacial score (nSPS) is 10.4. The molecule has 14 heavy (non-hydrogen) atoms. The molecule has 1 nitrogen and oxygen atoms in total. The second-order valence-corrected chi connectivity index (χ2v) is 4.15. The van der Waals surface area contributed by atoms with Gasteiger partial charge in [-0.3, -0.25) is 0 Å². The number of hydrogen-bond donors (Lipinski definition) is 1. The van der Waals surface area contributed by atoms with Crippen LogP contribution in [0.2, 0.25) is 0 Å². The van der Waals surface area contributed by atoms with E-state index in [1.54, 1.807) is 0 Å². The van der Waals surface area contributed by atoms with Gasteiger partial charge in [-0.05, 0) is 16.5 Å². The molecule has 0 aliphatic rings. The molecule has 0 atom stereocenters. The predicted octanol–water partition coefficient (Wildman–Crippen LogP) is 3.47. The highest BCUT2D eigenvalue weighted by atomic mass is 14.5. The minimum absolute atomic E-state index is 0.243. The standard InChI is InChI=1S/C11H17N.C2H6/c1-11(2,3)10-6-4-9(8-12)5-7-10;1-2/h4-7H,8,12H2,1-3H3;1-2H3. The Morgan fingerprint density at radius 2 is 1.43 bits per heavy atom. The average molecular weight is 193 g/mol. The highest BCUT2D eigenvalue weighted by molar-refractivity contribution is 5.27. The Balaban J connectivity index is 0.000000791. The van der Waals surface area contributed by atoms with E-state index in [2.05, 4.69) is 45.0 Å². The maximum Gasteiger partial charge on any atom is 0.0178 e. The molecule has 0 spiro atoms. The Kier molecular flexibility index (Phi) is 5.47. The molecular formula is C13H23N. The van der Waals surface area contributed by atoms with E-state index < -0.39 is 0 Å². The fraction of sp³-hybridized carbons (Fsp3) is 0.538. The van der Waals surface area contributed by atoms with Crippen molar-refractivity contribution in [3.8, 4) is 0 Å². The summed E-state index contributed by atoms with van der Waals surface area (Å²) < 4.78 is 0. The molecule has 2 N–H and O–H groups in total. The lowest BCUT2D eigenvalue weighted by Gasteiger charge is -2.18. The van der Waals surface area contributed by atoms with Crippen molar-refractivity contribution in [3.63, 3.8) is 0 Å². The Bertz CT molecular complexity index is 241. The first-order chi connectivity index (χ1) is 6.54. The number of nitrogens with two attached hydrogens (primary N) is 1. The summed E-state index contributed by atoms with van der Waals surface area (Å²) in [6.07, 6.45) is 0. The van der Waals surface area contributed by atoms with Gasteiger partial charge in [-0.1, -0.05) is 58.9 Å². The zero-order chi connectivity index (χ0) is 11.2. The maximum absolute atomic E-state index is 5.51. The molecule has 80 valence electrons. The zero-order valence-electron chi connectivity index (χ0n) is 10.1. The SMILES string of the molecule is CC.CC(C)(C)c1ccc(CN)cc1. The van der Waals surface area contributed by atoms with Crippen molar-refractivity contribution in [1.29, 1.82) is 0 Å². The minimum atomic E-state index is 0.243. The summed E-state index contributed by atoms with van der Waals surface area (Å²) in [4.78, 5) is 0. The van der Waals surface area contributed by atoms with Crippen molar-refractivity contribution in [2.75, 3.05) is 0 Å². The second-order valence-electron chi connectivity index (χ2n) is 4.15. The molecule has 1 rings (SSSR count). The smallest absolute Gasteiger partial charge is 0.0178 e. The van der Waals surface area contributed by atoms with Crippen molar-refractivity contribution in [1.82, 2.24) is 0 Å². The van der Waals surface area contributed by atoms with Crippen LogP contribution in [0.25, 0.3) is 0 Å². The molecule has 0 unspecified atom stereocenters. The molecule has 0 fully saturated rings. The highest BCUT2D eigenvalue weighted by Gasteiger charge is 2.12. The minimum Gasteiger partial charge on any atom is -0.326 e. The van der Waals surface area contributed by atoms with Crippen LogP contribution in [0, 0.1) is 0 Å². The van der Waals surface area contributed by atoms with Crippen LogP contribution in [0.15, 0.2) is 24.3 Å². The van der Waals surface area contributed by atoms with Gasteiger partial charge in [0.05, 0.1) is 0 Å². The van der Waals surface area contributed by atoms with E-state index >= 15 is 0 Å². The third-order valence-corrected chi connectivity index (χ3v) is 2.06. The molecule has 0 radical (unpaired) electrons. The molecule has 0 saturated heterocycles. The molecular weight excluding hydrogens is 170 g/mol. The van der Waals surface area contributed by atoms with Crippen LogP contribution in [0.5, 0.6) is 0 Å². The molecule has 1 aromatic rings. The number of hydrogen-bond acceptors (Lipinski definition) is 1. The van der Waals surface area contributed by atoms with Gasteiger partial charge in [-0.25, -0.2) is 0 Å². The maximum atomic E-state index is 5.51. The molecule has 0 aliphatic carbocycles. The van der Waals surface area contributed by atoms with Crippen molar-refractivity contribution < 1.29 is 0 Å². The predicted molar refractivity (Wildman–Crippen MR) is 64.4 cm³/mol. The lowest BCUT2D eigenvalue weighted by Crippen LogP contribution is -2.10. The second kappa shape index (κ2) is 5.82. The van der Waals surface area contributed by atoms with Crippen LogP contribution in [0.4, 0.5) is 0 Å². The fourth-order valence-corrected chi connectivity index (χ4v) is 1.14. The van der Waals surface area contributed by atoms with Crippen LogP contribution >= 0.6 is 0 Å². The Morgan fingerprint density at radius 1 is 1.00 bits per heavy atom. The van der Waals surface area contributed by atoms with Gasteiger partial charge >= 0.3 is 0 Å². The van der Waals surface area contributed by atoms with Crippen molar-refractivity contribution >= 4 is 0 Å². The third kappa shape index (κ3) is 3.93. The van der Waals surface area contributed by atoms with Crippen molar-refractivity contribution in [3.05, 3.63) is 35.4 Å². The summed E-state index contributed by atoms with van der Waals surface area (Å²) in [5.74, 6) is 0. The van der Waals surface area contributed by atoms with Crippen LogP contribution in [0.3, 0.4) is 0 Å². The van der Waals surface area contributed by atoms with Crippen molar-refractivity contribution in [2.45, 2.75) is 46.6 Å². The van der Waals surface area contributed by atoms with Gasteiger partial charge in [-0.2, -0.15) is 0 Å². The Hall–Kier alpha value is -0.820. The van der Waals surface area contributed by atoms with E-state index in [4.69, 9.17) is 5.73 Å². The van der Waals surface area contributed by atoms with Crippen LogP contribution in [-0.4, -0.2) is 0 Å². The van der Waals surface area contributed by atoms with E-state index in [0.717, 1.165) is 0 Å². The average Bonchev–Trinajstić information content (AvgIpc) is 2.20. The van der Waals surface area contributed by atoms with Gasteiger partial charge in [0.25, 0.3) is 0 Å². The summed E-state index contributed by atoms with van der Waals surface area (Å²) in [5, 5.41) is 0. The van der Waals surface area contributed by atoms with Gasteiger partial charge in [0.2, 0.25) is 0 Å². The highest BCUT2D eigenvalue weighted by Crippen LogP contribution is 2.21. The van der Waals surface area contributed by atoms with Gasteiger partial charge in [0.1, 0.15) is 0 Å². The number of benzene rings is 1. The summed E-state index contributed by atoms with van der Waals surface area (Å²) in [7, 11) is 0. The van der Waals surface area contributed by atoms with E-state index in [0.29, 0.717) is 6.54 Å². The molecule has 0 aliphatic heterocycles. The van der Waals surface area contributed by atoms with Gasteiger partial charge in [0, 0.05) is 6.54 Å². The zero-order valence-corrected chi connectivity index (χ0v) is 10.1. The molecule has 0 amide bonds. The molecule has 0 aromatic heterocycles. The summed E-state index contributed by atoms with van der Waals surface area (Å²) in [6, 6.07) is 8.51. The van der Waals surface area contributed by atoms with E-state index in [1.807, 2.05) is 13.8 Å². The summed E-state index contributed by atoms with van der Waals surface area (Å²) in [5.41, 5.74) is 8.31. The summed E-state index contributed by atoms with van der Waals surface area (Å²) >= 11 is 0. The van der Waals surface area contributed by atoms with Gasteiger partial charge in [0.15, 0.2) is 0 Å². The monoisotopic (exact) mass is 193 g/mol. The van der Waals surface area contributed by atoms with Crippen LogP contribution < -0.4 is 5.73 Å². The topological polar surface area (TPSA) is 26.0 Å².